The molecule has 1 unspecified atom stereocenters. The molecule has 0 spiro atoms. The fraction of sp³-hybridized carbons (Fsp3) is 0.750. The number of nitrogens with one attached hydrogen (secondary N) is 1. The molecule has 140 valence electrons. The summed E-state index contributed by atoms with van der Waals surface area (Å²) in [5, 5.41) is 2.89. The van der Waals surface area contributed by atoms with Crippen molar-refractivity contribution < 1.29 is 13.2 Å². The average molecular weight is 369 g/mol. The van der Waals surface area contributed by atoms with Crippen molar-refractivity contribution in [3.63, 3.8) is 0 Å². The van der Waals surface area contributed by atoms with E-state index in [4.69, 9.17) is 0 Å². The Morgan fingerprint density at radius 3 is 2.60 bits per heavy atom. The molecule has 0 aromatic carbocycles. The number of imidazole rings is 1. The summed E-state index contributed by atoms with van der Waals surface area (Å²) < 4.78 is 24.9. The Morgan fingerprint density at radius 2 is 2.00 bits per heavy atom. The summed E-state index contributed by atoms with van der Waals surface area (Å²) in [5.74, 6) is 1.58. The number of aromatic nitrogens is 2. The molecule has 0 bridgehead atoms. The van der Waals surface area contributed by atoms with E-state index in [2.05, 4.69) is 20.1 Å². The minimum Gasteiger partial charge on any atom is -0.355 e. The summed E-state index contributed by atoms with van der Waals surface area (Å²) >= 11 is 0. The van der Waals surface area contributed by atoms with Gasteiger partial charge in [-0.25, -0.2) is 13.4 Å². The molecule has 2 aliphatic heterocycles. The fourth-order valence-electron chi connectivity index (χ4n) is 3.40. The van der Waals surface area contributed by atoms with Crippen molar-refractivity contribution >= 4 is 15.7 Å². The van der Waals surface area contributed by atoms with Crippen molar-refractivity contribution in [3.8, 4) is 0 Å². The molecule has 0 radical (unpaired) electrons. The number of piperazine rings is 1. The largest absolute Gasteiger partial charge is 0.355 e. The van der Waals surface area contributed by atoms with Gasteiger partial charge in [-0.2, -0.15) is 0 Å². The van der Waals surface area contributed by atoms with Gasteiger partial charge in [0.05, 0.1) is 24.6 Å². The molecule has 3 rings (SSSR count). The summed E-state index contributed by atoms with van der Waals surface area (Å²) in [6, 6.07) is 0. The Labute approximate surface area is 149 Å². The van der Waals surface area contributed by atoms with Gasteiger partial charge in [-0.3, -0.25) is 14.6 Å². The monoisotopic (exact) mass is 369 g/mol. The smallest absolute Gasteiger partial charge is 0.234 e. The van der Waals surface area contributed by atoms with E-state index < -0.39 is 9.84 Å². The molecule has 0 aliphatic carbocycles. The zero-order chi connectivity index (χ0) is 17.9. The van der Waals surface area contributed by atoms with Gasteiger partial charge in [0.15, 0.2) is 9.84 Å². The van der Waals surface area contributed by atoms with E-state index in [-0.39, 0.29) is 23.3 Å². The van der Waals surface area contributed by atoms with E-state index in [9.17, 15) is 13.2 Å². The molecule has 8 nitrogen and oxygen atoms in total. The van der Waals surface area contributed by atoms with E-state index in [0.717, 1.165) is 38.5 Å². The minimum atomic E-state index is -2.88. The number of carbonyl (C=O) groups is 1. The van der Waals surface area contributed by atoms with Crippen LogP contribution in [0.1, 0.15) is 12.2 Å². The number of sulfone groups is 1. The van der Waals surface area contributed by atoms with Crippen molar-refractivity contribution in [2.75, 3.05) is 50.8 Å². The molecule has 0 saturated carbocycles. The van der Waals surface area contributed by atoms with Crippen molar-refractivity contribution in [1.29, 1.82) is 0 Å². The highest BCUT2D eigenvalue weighted by Gasteiger charge is 2.28. The molecular formula is C16H27N5O3S. The maximum absolute atomic E-state index is 12.1. The van der Waals surface area contributed by atoms with Crippen LogP contribution in [0.15, 0.2) is 12.4 Å². The van der Waals surface area contributed by atoms with Gasteiger partial charge >= 0.3 is 0 Å². The first kappa shape index (κ1) is 18.3. The van der Waals surface area contributed by atoms with Crippen molar-refractivity contribution in [1.82, 2.24) is 24.7 Å². The van der Waals surface area contributed by atoms with E-state index >= 15 is 0 Å². The molecule has 1 aromatic heterocycles. The van der Waals surface area contributed by atoms with E-state index in [1.165, 1.54) is 0 Å². The molecule has 1 amide bonds. The molecule has 1 atom stereocenters. The number of carbonyl (C=O) groups excluding carboxylic acids is 1. The van der Waals surface area contributed by atoms with Gasteiger partial charge in [-0.05, 0) is 12.3 Å². The Balaban J connectivity index is 1.34. The van der Waals surface area contributed by atoms with Crippen LogP contribution in [0.4, 0.5) is 0 Å². The first-order chi connectivity index (χ1) is 11.9. The van der Waals surface area contributed by atoms with Crippen molar-refractivity contribution in [3.05, 3.63) is 18.2 Å². The van der Waals surface area contributed by atoms with Crippen LogP contribution in [0.5, 0.6) is 0 Å². The van der Waals surface area contributed by atoms with Gasteiger partial charge in [0, 0.05) is 52.2 Å². The van der Waals surface area contributed by atoms with Gasteiger partial charge in [-0.1, -0.05) is 0 Å². The molecular weight excluding hydrogens is 342 g/mol. The molecule has 2 fully saturated rings. The quantitative estimate of drug-likeness (QED) is 0.698. The van der Waals surface area contributed by atoms with Crippen LogP contribution in [0.3, 0.4) is 0 Å². The van der Waals surface area contributed by atoms with Crippen LogP contribution in [0.2, 0.25) is 0 Å². The van der Waals surface area contributed by atoms with Gasteiger partial charge in [-0.15, -0.1) is 0 Å². The fourth-order valence-corrected chi connectivity index (χ4v) is 5.27. The van der Waals surface area contributed by atoms with Crippen LogP contribution >= 0.6 is 0 Å². The average Bonchev–Trinajstić information content (AvgIpc) is 3.13. The highest BCUT2D eigenvalue weighted by molar-refractivity contribution is 7.91. The molecule has 2 aliphatic rings. The normalized spacial score (nSPS) is 24.4. The zero-order valence-corrected chi connectivity index (χ0v) is 15.5. The van der Waals surface area contributed by atoms with Gasteiger partial charge < -0.3 is 9.88 Å². The van der Waals surface area contributed by atoms with E-state index in [1.54, 1.807) is 0 Å². The van der Waals surface area contributed by atoms with E-state index in [1.807, 2.05) is 24.0 Å². The van der Waals surface area contributed by atoms with Gasteiger partial charge in [0.1, 0.15) is 5.82 Å². The molecule has 2 saturated heterocycles. The summed E-state index contributed by atoms with van der Waals surface area (Å²) in [4.78, 5) is 20.9. The van der Waals surface area contributed by atoms with Crippen molar-refractivity contribution in [2.24, 2.45) is 13.0 Å². The van der Waals surface area contributed by atoms with Crippen molar-refractivity contribution in [2.45, 2.75) is 13.0 Å². The maximum atomic E-state index is 12.1. The van der Waals surface area contributed by atoms with Crippen LogP contribution in [0.25, 0.3) is 0 Å². The molecule has 9 heteroatoms. The standard InChI is InChI=1S/C16H27N5O3S/c1-19-4-3-17-15(19)11-20-5-7-21(8-6-20)12-16(22)18-10-14-2-9-25(23,24)13-14/h3-4,14H,2,5-13H2,1H3,(H,18,22). The summed E-state index contributed by atoms with van der Waals surface area (Å²) in [5.41, 5.74) is 0. The molecule has 1 aromatic rings. The van der Waals surface area contributed by atoms with E-state index in [0.29, 0.717) is 19.5 Å². The zero-order valence-electron chi connectivity index (χ0n) is 14.7. The SMILES string of the molecule is Cn1ccnc1CN1CCN(CC(=O)NCC2CCS(=O)(=O)C2)CC1. The lowest BCUT2D eigenvalue weighted by Crippen LogP contribution is -2.49. The number of hydrogen-bond donors (Lipinski definition) is 1. The first-order valence-electron chi connectivity index (χ1n) is 8.79. The third kappa shape index (κ3) is 5.26. The lowest BCUT2D eigenvalue weighted by molar-refractivity contribution is -0.122. The lowest BCUT2D eigenvalue weighted by atomic mass is 10.1. The Kier molecular flexibility index (Phi) is 5.75. The topological polar surface area (TPSA) is 87.5 Å². The number of aryl methyl sites for hydroxylation is 1. The highest BCUT2D eigenvalue weighted by Crippen LogP contribution is 2.17. The predicted molar refractivity (Wildman–Crippen MR) is 94.7 cm³/mol. The number of rotatable bonds is 6. The van der Waals surface area contributed by atoms with Gasteiger partial charge in [0.25, 0.3) is 0 Å². The Morgan fingerprint density at radius 1 is 1.28 bits per heavy atom. The minimum absolute atomic E-state index is 0.0122. The summed E-state index contributed by atoms with van der Waals surface area (Å²) in [6.07, 6.45) is 4.42. The second-order valence-electron chi connectivity index (χ2n) is 7.08. The Bertz CT molecular complexity index is 694. The third-order valence-corrected chi connectivity index (χ3v) is 6.87. The number of amides is 1. The molecule has 25 heavy (non-hydrogen) atoms. The number of hydrogen-bond acceptors (Lipinski definition) is 6. The van der Waals surface area contributed by atoms with Crippen LogP contribution in [-0.2, 0) is 28.2 Å². The molecule has 3 heterocycles. The van der Waals surface area contributed by atoms with Crippen LogP contribution in [0, 0.1) is 5.92 Å². The van der Waals surface area contributed by atoms with Crippen LogP contribution in [-0.4, -0.2) is 84.5 Å². The second kappa shape index (κ2) is 7.84. The maximum Gasteiger partial charge on any atom is 0.234 e. The first-order valence-corrected chi connectivity index (χ1v) is 10.6. The third-order valence-electron chi connectivity index (χ3n) is 5.03. The lowest BCUT2D eigenvalue weighted by Gasteiger charge is -2.34. The second-order valence-corrected chi connectivity index (χ2v) is 9.31. The predicted octanol–water partition coefficient (Wildman–Crippen LogP) is -0.911. The van der Waals surface area contributed by atoms with Gasteiger partial charge in [0.2, 0.25) is 5.91 Å². The Hall–Kier alpha value is -1.45. The molecule has 1 N–H and O–H groups in total. The highest BCUT2D eigenvalue weighted by atomic mass is 32.2. The summed E-state index contributed by atoms with van der Waals surface area (Å²) in [6.45, 7) is 5.24. The summed E-state index contributed by atoms with van der Waals surface area (Å²) in [7, 11) is -0.877. The van der Waals surface area contributed by atoms with Crippen LogP contribution < -0.4 is 5.32 Å². The number of nitrogens with zero attached hydrogens (tertiary/aromatic N) is 4.